The molecule has 98 valence electrons. The second kappa shape index (κ2) is 5.99. The zero-order valence-electron chi connectivity index (χ0n) is 10.1. The third-order valence-corrected chi connectivity index (χ3v) is 3.84. The van der Waals surface area contributed by atoms with E-state index in [2.05, 4.69) is 38.2 Å². The van der Waals surface area contributed by atoms with Gasteiger partial charge in [0.15, 0.2) is 0 Å². The molecule has 2 rings (SSSR count). The summed E-state index contributed by atoms with van der Waals surface area (Å²) in [6, 6.07) is 1.92. The highest BCUT2D eigenvalue weighted by molar-refractivity contribution is 9.10. The molecule has 4 nitrogen and oxygen atoms in total. The van der Waals surface area contributed by atoms with E-state index >= 15 is 0 Å². The summed E-state index contributed by atoms with van der Waals surface area (Å²) >= 11 is 9.22. The largest absolute Gasteiger partial charge is 0.349 e. The van der Waals surface area contributed by atoms with Crippen LogP contribution < -0.4 is 5.32 Å². The quantitative estimate of drug-likeness (QED) is 0.846. The van der Waals surface area contributed by atoms with E-state index in [1.807, 2.05) is 0 Å². The van der Waals surface area contributed by atoms with Gasteiger partial charge in [0.05, 0.1) is 5.56 Å². The maximum atomic E-state index is 12.1. The SMILES string of the molecule is CN1CCC(NC(=O)c2cc(Br)cnc2Cl)CC1. The number of hydrogen-bond donors (Lipinski definition) is 1. The summed E-state index contributed by atoms with van der Waals surface area (Å²) in [7, 11) is 2.09. The van der Waals surface area contributed by atoms with E-state index in [0.717, 1.165) is 30.4 Å². The van der Waals surface area contributed by atoms with Crippen molar-refractivity contribution in [1.82, 2.24) is 15.2 Å². The highest BCUT2D eigenvalue weighted by Crippen LogP contribution is 2.18. The fourth-order valence-electron chi connectivity index (χ4n) is 2.00. The Hall–Kier alpha value is -0.650. The predicted octanol–water partition coefficient (Wildman–Crippen LogP) is 2.32. The first kappa shape index (κ1) is 13.8. The summed E-state index contributed by atoms with van der Waals surface area (Å²) in [6.45, 7) is 2.02. The molecular formula is C12H15BrClN3O. The van der Waals surface area contributed by atoms with Crippen molar-refractivity contribution in [2.45, 2.75) is 18.9 Å². The minimum Gasteiger partial charge on any atom is -0.349 e. The van der Waals surface area contributed by atoms with Crippen molar-refractivity contribution in [3.63, 3.8) is 0 Å². The fraction of sp³-hybridized carbons (Fsp3) is 0.500. The summed E-state index contributed by atoms with van der Waals surface area (Å²) in [5.41, 5.74) is 0.421. The van der Waals surface area contributed by atoms with Crippen LogP contribution in [0.3, 0.4) is 0 Å². The van der Waals surface area contributed by atoms with Crippen LogP contribution in [-0.2, 0) is 0 Å². The van der Waals surface area contributed by atoms with Crippen LogP contribution in [0.15, 0.2) is 16.7 Å². The van der Waals surface area contributed by atoms with Crippen LogP contribution in [-0.4, -0.2) is 42.0 Å². The zero-order valence-corrected chi connectivity index (χ0v) is 12.5. The van der Waals surface area contributed by atoms with Gasteiger partial charge in [0.25, 0.3) is 5.91 Å². The molecule has 0 radical (unpaired) electrons. The van der Waals surface area contributed by atoms with E-state index in [9.17, 15) is 4.79 Å². The standard InChI is InChI=1S/C12H15BrClN3O/c1-17-4-2-9(3-5-17)16-12(18)10-6-8(13)7-15-11(10)14/h6-7,9H,2-5H2,1H3,(H,16,18). The van der Waals surface area contributed by atoms with Crippen molar-refractivity contribution in [3.8, 4) is 0 Å². The van der Waals surface area contributed by atoms with Crippen LogP contribution in [0.2, 0.25) is 5.15 Å². The van der Waals surface area contributed by atoms with Crippen LogP contribution in [0.5, 0.6) is 0 Å². The molecule has 1 aliphatic rings. The highest BCUT2D eigenvalue weighted by Gasteiger charge is 2.20. The van der Waals surface area contributed by atoms with E-state index in [1.54, 1.807) is 12.3 Å². The van der Waals surface area contributed by atoms with Gasteiger partial charge in [-0.1, -0.05) is 11.6 Å². The molecular weight excluding hydrogens is 318 g/mol. The highest BCUT2D eigenvalue weighted by atomic mass is 79.9. The molecule has 0 aromatic carbocycles. The van der Waals surface area contributed by atoms with E-state index in [0.29, 0.717) is 5.56 Å². The number of rotatable bonds is 2. The number of nitrogens with zero attached hydrogens (tertiary/aromatic N) is 2. The Labute approximate surface area is 120 Å². The number of aromatic nitrogens is 1. The normalized spacial score (nSPS) is 17.7. The summed E-state index contributed by atoms with van der Waals surface area (Å²) < 4.78 is 0.750. The molecule has 18 heavy (non-hydrogen) atoms. The van der Waals surface area contributed by atoms with Gasteiger partial charge in [0, 0.05) is 16.7 Å². The van der Waals surface area contributed by atoms with Crippen molar-refractivity contribution in [2.75, 3.05) is 20.1 Å². The lowest BCUT2D eigenvalue weighted by atomic mass is 10.1. The Morgan fingerprint density at radius 2 is 2.22 bits per heavy atom. The molecule has 1 saturated heterocycles. The molecule has 1 fully saturated rings. The van der Waals surface area contributed by atoms with Crippen LogP contribution in [0.25, 0.3) is 0 Å². The predicted molar refractivity (Wildman–Crippen MR) is 74.9 cm³/mol. The average Bonchev–Trinajstić information content (AvgIpc) is 2.35. The van der Waals surface area contributed by atoms with E-state index in [1.165, 1.54) is 0 Å². The van der Waals surface area contributed by atoms with Gasteiger partial charge in [-0.3, -0.25) is 4.79 Å². The first-order valence-electron chi connectivity index (χ1n) is 5.86. The van der Waals surface area contributed by atoms with Gasteiger partial charge in [0.2, 0.25) is 0 Å². The van der Waals surface area contributed by atoms with Crippen molar-refractivity contribution >= 4 is 33.4 Å². The van der Waals surface area contributed by atoms with E-state index in [4.69, 9.17) is 11.6 Å². The van der Waals surface area contributed by atoms with Crippen molar-refractivity contribution in [2.24, 2.45) is 0 Å². The van der Waals surface area contributed by atoms with Crippen LogP contribution in [0.4, 0.5) is 0 Å². The Kier molecular flexibility index (Phi) is 4.59. The van der Waals surface area contributed by atoms with Crippen molar-refractivity contribution in [3.05, 3.63) is 27.5 Å². The molecule has 1 aromatic rings. The van der Waals surface area contributed by atoms with Gasteiger partial charge in [-0.2, -0.15) is 0 Å². The fourth-order valence-corrected chi connectivity index (χ4v) is 2.52. The third kappa shape index (κ3) is 3.43. The lowest BCUT2D eigenvalue weighted by Crippen LogP contribution is -2.43. The number of pyridine rings is 1. The molecule has 1 N–H and O–H groups in total. The number of hydrogen-bond acceptors (Lipinski definition) is 3. The number of carbonyl (C=O) groups is 1. The summed E-state index contributed by atoms with van der Waals surface area (Å²) in [5.74, 6) is -0.150. The van der Waals surface area contributed by atoms with Gasteiger partial charge >= 0.3 is 0 Å². The van der Waals surface area contributed by atoms with E-state index < -0.39 is 0 Å². The number of nitrogens with one attached hydrogen (secondary N) is 1. The van der Waals surface area contributed by atoms with Gasteiger partial charge in [-0.15, -0.1) is 0 Å². The molecule has 0 saturated carbocycles. The summed E-state index contributed by atoms with van der Waals surface area (Å²) in [5, 5.41) is 3.25. The van der Waals surface area contributed by atoms with Gasteiger partial charge in [-0.05, 0) is 55.0 Å². The lowest BCUT2D eigenvalue weighted by Gasteiger charge is -2.29. The van der Waals surface area contributed by atoms with Crippen LogP contribution in [0.1, 0.15) is 23.2 Å². The maximum Gasteiger partial charge on any atom is 0.254 e. The maximum absolute atomic E-state index is 12.1. The first-order valence-corrected chi connectivity index (χ1v) is 7.04. The van der Waals surface area contributed by atoms with Crippen molar-refractivity contribution < 1.29 is 4.79 Å². The topological polar surface area (TPSA) is 45.2 Å². The first-order chi connectivity index (χ1) is 8.56. The Balaban J connectivity index is 2.01. The van der Waals surface area contributed by atoms with Gasteiger partial charge in [-0.25, -0.2) is 4.98 Å². The monoisotopic (exact) mass is 331 g/mol. The lowest BCUT2D eigenvalue weighted by molar-refractivity contribution is 0.0916. The average molecular weight is 333 g/mol. The van der Waals surface area contributed by atoms with Crippen LogP contribution >= 0.6 is 27.5 Å². The van der Waals surface area contributed by atoms with Crippen molar-refractivity contribution in [1.29, 1.82) is 0 Å². The number of amides is 1. The molecule has 0 aliphatic carbocycles. The molecule has 2 heterocycles. The molecule has 0 bridgehead atoms. The van der Waals surface area contributed by atoms with E-state index in [-0.39, 0.29) is 17.1 Å². The molecule has 0 unspecified atom stereocenters. The third-order valence-electron chi connectivity index (χ3n) is 3.10. The Bertz CT molecular complexity index is 447. The second-order valence-corrected chi connectivity index (χ2v) is 5.82. The molecule has 0 spiro atoms. The number of carbonyl (C=O) groups excluding carboxylic acids is 1. The smallest absolute Gasteiger partial charge is 0.254 e. The summed E-state index contributed by atoms with van der Waals surface area (Å²) in [4.78, 5) is 18.3. The molecule has 6 heteroatoms. The molecule has 1 aliphatic heterocycles. The Morgan fingerprint density at radius 1 is 1.56 bits per heavy atom. The zero-order chi connectivity index (χ0) is 13.1. The Morgan fingerprint density at radius 3 is 2.89 bits per heavy atom. The molecule has 1 aromatic heterocycles. The number of piperidine rings is 1. The van der Waals surface area contributed by atoms with Crippen LogP contribution in [0, 0.1) is 0 Å². The molecule has 0 atom stereocenters. The minimum atomic E-state index is -0.150. The molecule has 1 amide bonds. The summed E-state index contributed by atoms with van der Waals surface area (Å²) in [6.07, 6.45) is 3.53. The number of halogens is 2. The van der Waals surface area contributed by atoms with Gasteiger partial charge < -0.3 is 10.2 Å². The number of likely N-dealkylation sites (tertiary alicyclic amines) is 1. The van der Waals surface area contributed by atoms with Gasteiger partial charge in [0.1, 0.15) is 5.15 Å². The second-order valence-electron chi connectivity index (χ2n) is 4.54. The minimum absolute atomic E-state index is 0.150.